The number of hydrogen-bond acceptors (Lipinski definition) is 3. The van der Waals surface area contributed by atoms with Crippen molar-refractivity contribution in [2.75, 3.05) is 0 Å². The van der Waals surface area contributed by atoms with Crippen molar-refractivity contribution in [2.24, 2.45) is 34.5 Å². The van der Waals surface area contributed by atoms with Gasteiger partial charge in [0.2, 0.25) is 0 Å². The lowest BCUT2D eigenvalue weighted by molar-refractivity contribution is -0.165. The molecule has 4 unspecified atom stereocenters. The third kappa shape index (κ3) is 1.78. The third-order valence-electron chi connectivity index (χ3n) is 8.21. The SMILES string of the molecule is C[C@]12CCC3C(CC(O)[C@H]4CC(=O)CC[C@]34C)C1CCC2=O. The van der Waals surface area contributed by atoms with Crippen molar-refractivity contribution < 1.29 is 14.7 Å². The normalized spacial score (nSPS) is 54.6. The first-order valence-corrected chi connectivity index (χ1v) is 9.09. The standard InChI is InChI=1S/C19H28O3/c1-18-7-5-11(20)9-15(18)16(21)10-12-13-3-4-17(22)19(13,2)8-6-14(12)18/h12-16,21H,3-10H2,1-2H3/t12?,13?,14?,15-,16?,18-,19+/m1/s1. The fraction of sp³-hybridized carbons (Fsp3) is 0.895. The van der Waals surface area contributed by atoms with Crippen LogP contribution >= 0.6 is 0 Å². The molecule has 0 aliphatic heterocycles. The Balaban J connectivity index is 1.69. The lowest BCUT2D eigenvalue weighted by atomic mass is 9.44. The highest BCUT2D eigenvalue weighted by Crippen LogP contribution is 2.65. The zero-order chi connectivity index (χ0) is 15.7. The number of carbonyl (C=O) groups is 2. The molecule has 4 aliphatic carbocycles. The fourth-order valence-electron chi connectivity index (χ4n) is 6.86. The molecule has 22 heavy (non-hydrogen) atoms. The summed E-state index contributed by atoms with van der Waals surface area (Å²) in [5, 5.41) is 10.8. The van der Waals surface area contributed by atoms with Crippen molar-refractivity contribution in [3.8, 4) is 0 Å². The highest BCUT2D eigenvalue weighted by atomic mass is 16.3. The molecule has 3 nitrogen and oxygen atoms in total. The summed E-state index contributed by atoms with van der Waals surface area (Å²) in [6.45, 7) is 4.50. The zero-order valence-corrected chi connectivity index (χ0v) is 13.8. The monoisotopic (exact) mass is 304 g/mol. The van der Waals surface area contributed by atoms with Crippen LogP contribution in [0.2, 0.25) is 0 Å². The number of fused-ring (bicyclic) bond motifs is 5. The summed E-state index contributed by atoms with van der Waals surface area (Å²) < 4.78 is 0. The molecule has 0 saturated heterocycles. The molecule has 0 bridgehead atoms. The number of hydrogen-bond donors (Lipinski definition) is 1. The Morgan fingerprint density at radius 2 is 1.77 bits per heavy atom. The van der Waals surface area contributed by atoms with Gasteiger partial charge in [-0.15, -0.1) is 0 Å². The van der Waals surface area contributed by atoms with E-state index in [0.717, 1.165) is 38.5 Å². The van der Waals surface area contributed by atoms with Crippen LogP contribution in [0.4, 0.5) is 0 Å². The van der Waals surface area contributed by atoms with Gasteiger partial charge in [0.05, 0.1) is 6.10 Å². The van der Waals surface area contributed by atoms with Crippen molar-refractivity contribution in [2.45, 2.75) is 71.3 Å². The predicted molar refractivity (Wildman–Crippen MR) is 83.1 cm³/mol. The lowest BCUT2D eigenvalue weighted by Gasteiger charge is -2.60. The van der Waals surface area contributed by atoms with Crippen LogP contribution in [-0.4, -0.2) is 22.8 Å². The van der Waals surface area contributed by atoms with Gasteiger partial charge in [-0.05, 0) is 61.2 Å². The van der Waals surface area contributed by atoms with Crippen molar-refractivity contribution in [3.63, 3.8) is 0 Å². The second-order valence-corrected chi connectivity index (χ2v) is 8.95. The minimum atomic E-state index is -0.353. The highest BCUT2D eigenvalue weighted by Gasteiger charge is 2.62. The van der Waals surface area contributed by atoms with E-state index in [-0.39, 0.29) is 22.9 Å². The van der Waals surface area contributed by atoms with E-state index in [9.17, 15) is 14.7 Å². The van der Waals surface area contributed by atoms with Crippen LogP contribution in [0.1, 0.15) is 65.2 Å². The maximum atomic E-state index is 12.4. The molecule has 0 spiro atoms. The molecule has 7 atom stereocenters. The fourth-order valence-corrected chi connectivity index (χ4v) is 6.86. The van der Waals surface area contributed by atoms with Crippen LogP contribution in [0, 0.1) is 34.5 Å². The Morgan fingerprint density at radius 1 is 1.00 bits per heavy atom. The van der Waals surface area contributed by atoms with E-state index < -0.39 is 0 Å². The molecule has 4 rings (SSSR count). The number of Topliss-reactive ketones (excluding diaryl/α,β-unsaturated/α-hetero) is 2. The van der Waals surface area contributed by atoms with E-state index in [2.05, 4.69) is 13.8 Å². The first kappa shape index (κ1) is 14.9. The minimum Gasteiger partial charge on any atom is -0.393 e. The number of rotatable bonds is 0. The quantitative estimate of drug-likeness (QED) is 0.748. The first-order valence-electron chi connectivity index (χ1n) is 9.09. The molecule has 3 heteroatoms. The van der Waals surface area contributed by atoms with E-state index in [1.165, 1.54) is 0 Å². The molecule has 0 aromatic rings. The van der Waals surface area contributed by atoms with Gasteiger partial charge in [-0.3, -0.25) is 9.59 Å². The van der Waals surface area contributed by atoms with Crippen LogP contribution in [-0.2, 0) is 9.59 Å². The summed E-state index contributed by atoms with van der Waals surface area (Å²) in [5.41, 5.74) is -0.0300. The summed E-state index contributed by atoms with van der Waals surface area (Å²) in [4.78, 5) is 24.3. The Morgan fingerprint density at radius 3 is 2.55 bits per heavy atom. The molecular weight excluding hydrogens is 276 g/mol. The highest BCUT2D eigenvalue weighted by molar-refractivity contribution is 5.87. The molecule has 4 saturated carbocycles. The topological polar surface area (TPSA) is 54.4 Å². The summed E-state index contributed by atoms with van der Waals surface area (Å²) in [7, 11) is 0. The molecule has 0 heterocycles. The van der Waals surface area contributed by atoms with Gasteiger partial charge in [0.25, 0.3) is 0 Å². The molecule has 0 amide bonds. The Hall–Kier alpha value is -0.700. The second-order valence-electron chi connectivity index (χ2n) is 8.95. The summed E-state index contributed by atoms with van der Waals surface area (Å²) in [5.74, 6) is 2.47. The molecule has 4 fully saturated rings. The van der Waals surface area contributed by atoms with E-state index in [0.29, 0.717) is 42.2 Å². The van der Waals surface area contributed by atoms with E-state index in [1.807, 2.05) is 0 Å². The second kappa shape index (κ2) is 4.66. The zero-order valence-electron chi connectivity index (χ0n) is 13.8. The van der Waals surface area contributed by atoms with E-state index in [1.54, 1.807) is 0 Å². The molecule has 0 aromatic heterocycles. The molecule has 4 aliphatic rings. The van der Waals surface area contributed by atoms with Gasteiger partial charge < -0.3 is 5.11 Å². The van der Waals surface area contributed by atoms with E-state index in [4.69, 9.17) is 0 Å². The average Bonchev–Trinajstić information content (AvgIpc) is 2.77. The van der Waals surface area contributed by atoms with Gasteiger partial charge in [0.1, 0.15) is 11.6 Å². The van der Waals surface area contributed by atoms with Crippen molar-refractivity contribution in [1.29, 1.82) is 0 Å². The number of carbonyl (C=O) groups excluding carboxylic acids is 2. The minimum absolute atomic E-state index is 0.100. The van der Waals surface area contributed by atoms with Gasteiger partial charge in [0.15, 0.2) is 0 Å². The summed E-state index contributed by atoms with van der Waals surface area (Å²) in [6, 6.07) is 0. The molecular formula is C19H28O3. The lowest BCUT2D eigenvalue weighted by Crippen LogP contribution is -2.57. The van der Waals surface area contributed by atoms with Crippen molar-refractivity contribution >= 4 is 11.6 Å². The summed E-state index contributed by atoms with van der Waals surface area (Å²) >= 11 is 0. The van der Waals surface area contributed by atoms with Gasteiger partial charge in [-0.25, -0.2) is 0 Å². The van der Waals surface area contributed by atoms with Gasteiger partial charge in [0, 0.05) is 24.7 Å². The Kier molecular flexibility index (Phi) is 3.15. The predicted octanol–water partition coefficient (Wildman–Crippen LogP) is 3.14. The Bertz CT molecular complexity index is 527. The van der Waals surface area contributed by atoms with Crippen molar-refractivity contribution in [1.82, 2.24) is 0 Å². The van der Waals surface area contributed by atoms with Crippen LogP contribution < -0.4 is 0 Å². The smallest absolute Gasteiger partial charge is 0.139 e. The van der Waals surface area contributed by atoms with Crippen LogP contribution in [0.5, 0.6) is 0 Å². The summed E-state index contributed by atoms with van der Waals surface area (Å²) in [6.07, 6.45) is 6.53. The van der Waals surface area contributed by atoms with Crippen LogP contribution in [0.15, 0.2) is 0 Å². The first-order chi connectivity index (χ1) is 10.4. The molecule has 1 N–H and O–H groups in total. The third-order valence-corrected chi connectivity index (χ3v) is 8.21. The maximum absolute atomic E-state index is 12.4. The number of aliphatic hydroxyl groups excluding tert-OH is 1. The van der Waals surface area contributed by atoms with E-state index >= 15 is 0 Å². The molecule has 122 valence electrons. The molecule has 0 radical (unpaired) electrons. The Labute approximate surface area is 132 Å². The number of aliphatic hydroxyl groups is 1. The largest absolute Gasteiger partial charge is 0.393 e. The van der Waals surface area contributed by atoms with Gasteiger partial charge in [-0.1, -0.05) is 13.8 Å². The van der Waals surface area contributed by atoms with Gasteiger partial charge >= 0.3 is 0 Å². The maximum Gasteiger partial charge on any atom is 0.139 e. The average molecular weight is 304 g/mol. The van der Waals surface area contributed by atoms with Gasteiger partial charge in [-0.2, -0.15) is 0 Å². The van der Waals surface area contributed by atoms with Crippen LogP contribution in [0.25, 0.3) is 0 Å². The van der Waals surface area contributed by atoms with Crippen LogP contribution in [0.3, 0.4) is 0 Å². The molecule has 0 aromatic carbocycles. The number of ketones is 2. The van der Waals surface area contributed by atoms with Crippen molar-refractivity contribution in [3.05, 3.63) is 0 Å².